The van der Waals surface area contributed by atoms with Gasteiger partial charge in [-0.3, -0.25) is 9.69 Å². The quantitative estimate of drug-likeness (QED) is 0.803. The number of piperazine rings is 1. The lowest BCUT2D eigenvalue weighted by Gasteiger charge is -2.25. The highest BCUT2D eigenvalue weighted by Gasteiger charge is 2.13. The van der Waals surface area contributed by atoms with Crippen LogP contribution in [0.2, 0.25) is 0 Å². The van der Waals surface area contributed by atoms with Crippen molar-refractivity contribution in [1.82, 2.24) is 10.2 Å². The lowest BCUT2D eigenvalue weighted by atomic mass is 10.1. The van der Waals surface area contributed by atoms with Gasteiger partial charge in [-0.15, -0.1) is 0 Å². The normalized spacial score (nSPS) is 16.3. The molecule has 1 aliphatic heterocycles. The molecule has 1 aromatic carbocycles. The first-order chi connectivity index (χ1) is 9.24. The van der Waals surface area contributed by atoms with Gasteiger partial charge in [0, 0.05) is 32.6 Å². The van der Waals surface area contributed by atoms with Gasteiger partial charge < -0.3 is 10.1 Å². The monoisotopic (exact) mass is 262 g/mol. The van der Waals surface area contributed by atoms with Gasteiger partial charge in [-0.1, -0.05) is 29.8 Å². The Bertz CT molecular complexity index is 397. The SMILES string of the molecule is Cc1ccc(CCOC(=O)CN2CCNCC2)cc1. The summed E-state index contributed by atoms with van der Waals surface area (Å²) in [7, 11) is 0. The van der Waals surface area contributed by atoms with E-state index in [0.29, 0.717) is 13.2 Å². The second kappa shape index (κ2) is 7.26. The zero-order valence-electron chi connectivity index (χ0n) is 11.5. The molecule has 1 N–H and O–H groups in total. The van der Waals surface area contributed by atoms with E-state index in [1.807, 2.05) is 0 Å². The minimum Gasteiger partial charge on any atom is -0.464 e. The average molecular weight is 262 g/mol. The van der Waals surface area contributed by atoms with Crippen LogP contribution in [-0.2, 0) is 16.0 Å². The van der Waals surface area contributed by atoms with Crippen LogP contribution in [0, 0.1) is 6.92 Å². The molecule has 19 heavy (non-hydrogen) atoms. The number of rotatable bonds is 5. The zero-order valence-corrected chi connectivity index (χ0v) is 11.5. The van der Waals surface area contributed by atoms with Crippen molar-refractivity contribution in [3.05, 3.63) is 35.4 Å². The topological polar surface area (TPSA) is 41.6 Å². The van der Waals surface area contributed by atoms with Crippen LogP contribution in [0.15, 0.2) is 24.3 Å². The molecule has 1 fully saturated rings. The molecule has 1 saturated heterocycles. The van der Waals surface area contributed by atoms with Crippen molar-refractivity contribution in [2.45, 2.75) is 13.3 Å². The number of carbonyl (C=O) groups excluding carboxylic acids is 1. The molecule has 4 nitrogen and oxygen atoms in total. The standard InChI is InChI=1S/C15H22N2O2/c1-13-2-4-14(5-3-13)6-11-19-15(18)12-17-9-7-16-8-10-17/h2-5,16H,6-12H2,1H3. The Kier molecular flexibility index (Phi) is 5.36. The molecule has 0 spiro atoms. The smallest absolute Gasteiger partial charge is 0.320 e. The number of ether oxygens (including phenoxy) is 1. The van der Waals surface area contributed by atoms with Gasteiger partial charge in [-0.2, -0.15) is 0 Å². The van der Waals surface area contributed by atoms with Crippen LogP contribution < -0.4 is 5.32 Å². The van der Waals surface area contributed by atoms with Crippen molar-refractivity contribution < 1.29 is 9.53 Å². The second-order valence-electron chi connectivity index (χ2n) is 4.98. The van der Waals surface area contributed by atoms with Crippen LogP contribution in [0.1, 0.15) is 11.1 Å². The molecule has 2 rings (SSSR count). The predicted molar refractivity (Wildman–Crippen MR) is 75.2 cm³/mol. The highest BCUT2D eigenvalue weighted by atomic mass is 16.5. The third-order valence-corrected chi connectivity index (χ3v) is 3.34. The van der Waals surface area contributed by atoms with Gasteiger partial charge in [0.05, 0.1) is 13.2 Å². The van der Waals surface area contributed by atoms with Gasteiger partial charge >= 0.3 is 5.97 Å². The first-order valence-electron chi connectivity index (χ1n) is 6.88. The molecule has 0 aliphatic carbocycles. The summed E-state index contributed by atoms with van der Waals surface area (Å²) < 4.78 is 5.28. The Morgan fingerprint density at radius 2 is 1.95 bits per heavy atom. The van der Waals surface area contributed by atoms with E-state index in [1.54, 1.807) is 0 Å². The molecular formula is C15H22N2O2. The minimum absolute atomic E-state index is 0.117. The van der Waals surface area contributed by atoms with Crippen molar-refractivity contribution in [1.29, 1.82) is 0 Å². The first-order valence-corrected chi connectivity index (χ1v) is 6.88. The van der Waals surface area contributed by atoms with E-state index in [0.717, 1.165) is 32.6 Å². The van der Waals surface area contributed by atoms with Crippen molar-refractivity contribution in [3.63, 3.8) is 0 Å². The number of aryl methyl sites for hydroxylation is 1. The number of hydrogen-bond acceptors (Lipinski definition) is 4. The summed E-state index contributed by atoms with van der Waals surface area (Å²) in [4.78, 5) is 13.8. The molecule has 1 aliphatic rings. The maximum atomic E-state index is 11.7. The van der Waals surface area contributed by atoms with Crippen molar-refractivity contribution in [2.75, 3.05) is 39.3 Å². The van der Waals surface area contributed by atoms with Gasteiger partial charge in [-0.25, -0.2) is 0 Å². The van der Waals surface area contributed by atoms with Crippen molar-refractivity contribution in [3.8, 4) is 0 Å². The van der Waals surface area contributed by atoms with Crippen LogP contribution >= 0.6 is 0 Å². The molecule has 0 aromatic heterocycles. The average Bonchev–Trinajstić information content (AvgIpc) is 2.42. The Morgan fingerprint density at radius 3 is 2.63 bits per heavy atom. The van der Waals surface area contributed by atoms with Gasteiger partial charge in [0.15, 0.2) is 0 Å². The van der Waals surface area contributed by atoms with Gasteiger partial charge in [0.2, 0.25) is 0 Å². The maximum absolute atomic E-state index is 11.7. The number of esters is 1. The van der Waals surface area contributed by atoms with E-state index >= 15 is 0 Å². The highest BCUT2D eigenvalue weighted by molar-refractivity contribution is 5.71. The summed E-state index contributed by atoms with van der Waals surface area (Å²) in [6.45, 7) is 6.70. The Labute approximate surface area is 114 Å². The fourth-order valence-corrected chi connectivity index (χ4v) is 2.13. The van der Waals surface area contributed by atoms with Crippen molar-refractivity contribution >= 4 is 5.97 Å². The van der Waals surface area contributed by atoms with Gasteiger partial charge in [0.1, 0.15) is 0 Å². The molecule has 0 atom stereocenters. The van der Waals surface area contributed by atoms with Crippen LogP contribution in [0.5, 0.6) is 0 Å². The van der Waals surface area contributed by atoms with Crippen LogP contribution in [0.25, 0.3) is 0 Å². The molecular weight excluding hydrogens is 240 g/mol. The Balaban J connectivity index is 1.64. The fourth-order valence-electron chi connectivity index (χ4n) is 2.13. The summed E-state index contributed by atoms with van der Waals surface area (Å²) in [5.41, 5.74) is 2.46. The number of nitrogens with zero attached hydrogens (tertiary/aromatic N) is 1. The fraction of sp³-hybridized carbons (Fsp3) is 0.533. The first kappa shape index (κ1) is 14.0. The molecule has 104 valence electrons. The summed E-state index contributed by atoms with van der Waals surface area (Å²) in [5.74, 6) is -0.117. The van der Waals surface area contributed by atoms with E-state index in [9.17, 15) is 4.79 Å². The molecule has 0 saturated carbocycles. The predicted octanol–water partition coefficient (Wildman–Crippen LogP) is 0.986. The van der Waals surface area contributed by atoms with E-state index in [4.69, 9.17) is 4.74 Å². The van der Waals surface area contributed by atoms with Crippen LogP contribution in [-0.4, -0.2) is 50.2 Å². The molecule has 1 aromatic rings. The molecule has 4 heteroatoms. The number of benzene rings is 1. The molecule has 0 unspecified atom stereocenters. The number of hydrogen-bond donors (Lipinski definition) is 1. The van der Waals surface area contributed by atoms with E-state index in [-0.39, 0.29) is 5.97 Å². The molecule has 0 bridgehead atoms. The summed E-state index contributed by atoms with van der Waals surface area (Å²) in [6.07, 6.45) is 0.785. The number of carbonyl (C=O) groups is 1. The second-order valence-corrected chi connectivity index (χ2v) is 4.98. The molecule has 0 amide bonds. The summed E-state index contributed by atoms with van der Waals surface area (Å²) in [6, 6.07) is 8.33. The lowest BCUT2D eigenvalue weighted by Crippen LogP contribution is -2.45. The Hall–Kier alpha value is -1.39. The summed E-state index contributed by atoms with van der Waals surface area (Å²) >= 11 is 0. The third-order valence-electron chi connectivity index (χ3n) is 3.34. The van der Waals surface area contributed by atoms with E-state index in [1.165, 1.54) is 11.1 Å². The van der Waals surface area contributed by atoms with E-state index in [2.05, 4.69) is 41.4 Å². The highest BCUT2D eigenvalue weighted by Crippen LogP contribution is 2.04. The van der Waals surface area contributed by atoms with Gasteiger partial charge in [-0.05, 0) is 12.5 Å². The maximum Gasteiger partial charge on any atom is 0.320 e. The zero-order chi connectivity index (χ0) is 13.5. The molecule has 1 heterocycles. The van der Waals surface area contributed by atoms with Crippen molar-refractivity contribution in [2.24, 2.45) is 0 Å². The van der Waals surface area contributed by atoms with Crippen LogP contribution in [0.3, 0.4) is 0 Å². The lowest BCUT2D eigenvalue weighted by molar-refractivity contribution is -0.145. The largest absolute Gasteiger partial charge is 0.464 e. The number of nitrogens with one attached hydrogen (secondary N) is 1. The molecule has 0 radical (unpaired) electrons. The van der Waals surface area contributed by atoms with Crippen LogP contribution in [0.4, 0.5) is 0 Å². The summed E-state index contributed by atoms with van der Waals surface area (Å²) in [5, 5.41) is 3.26. The third kappa shape index (κ3) is 5.01. The Morgan fingerprint density at radius 1 is 1.26 bits per heavy atom. The minimum atomic E-state index is -0.117. The van der Waals surface area contributed by atoms with E-state index < -0.39 is 0 Å². The van der Waals surface area contributed by atoms with Gasteiger partial charge in [0.25, 0.3) is 0 Å².